The molecule has 2 saturated heterocycles. The van der Waals surface area contributed by atoms with Gasteiger partial charge in [0.1, 0.15) is 0 Å². The van der Waals surface area contributed by atoms with Crippen LogP contribution in [0.15, 0.2) is 24.5 Å². The molecule has 146 valence electrons. The highest BCUT2D eigenvalue weighted by atomic mass is 32.2. The van der Waals surface area contributed by atoms with Crippen molar-refractivity contribution in [2.45, 2.75) is 25.7 Å². The molecule has 9 heteroatoms. The van der Waals surface area contributed by atoms with Crippen LogP contribution in [0.25, 0.3) is 11.0 Å². The molecule has 2 aliphatic heterocycles. The first-order valence-electron chi connectivity index (χ1n) is 9.53. The maximum Gasteiger partial charge on any atom is 0.282 e. The second-order valence-corrected chi connectivity index (χ2v) is 9.08. The zero-order valence-electron chi connectivity index (χ0n) is 15.3. The zero-order chi connectivity index (χ0) is 18.9. The van der Waals surface area contributed by atoms with Crippen LogP contribution in [0.5, 0.6) is 0 Å². The van der Waals surface area contributed by atoms with E-state index in [1.165, 1.54) is 4.31 Å². The van der Waals surface area contributed by atoms with Gasteiger partial charge < -0.3 is 9.88 Å². The number of hydrogen-bond acceptors (Lipinski definition) is 4. The molecule has 2 aromatic rings. The lowest BCUT2D eigenvalue weighted by atomic mass is 10.1. The SMILES string of the molecule is O=C(c1ccc2nc[nH]c2c1)N1CCN(S(=O)(=O)N2CCCCCC2)CC1. The monoisotopic (exact) mass is 391 g/mol. The Labute approximate surface area is 159 Å². The van der Waals surface area contributed by atoms with E-state index in [1.807, 2.05) is 6.07 Å². The fourth-order valence-electron chi connectivity index (χ4n) is 3.81. The number of fused-ring (bicyclic) bond motifs is 1. The molecule has 0 atom stereocenters. The summed E-state index contributed by atoms with van der Waals surface area (Å²) in [6.07, 6.45) is 5.64. The lowest BCUT2D eigenvalue weighted by Crippen LogP contribution is -2.54. The van der Waals surface area contributed by atoms with Crippen LogP contribution < -0.4 is 0 Å². The number of piperazine rings is 1. The Bertz CT molecular complexity index is 910. The first kappa shape index (κ1) is 18.4. The maximum atomic E-state index is 12.9. The molecule has 0 spiro atoms. The van der Waals surface area contributed by atoms with Crippen LogP contribution >= 0.6 is 0 Å². The topological polar surface area (TPSA) is 89.6 Å². The maximum absolute atomic E-state index is 12.9. The molecule has 2 fully saturated rings. The Kier molecular flexibility index (Phi) is 5.16. The van der Waals surface area contributed by atoms with Crippen LogP contribution in [-0.2, 0) is 10.2 Å². The van der Waals surface area contributed by atoms with E-state index in [0.717, 1.165) is 36.7 Å². The van der Waals surface area contributed by atoms with Crippen molar-refractivity contribution in [2.24, 2.45) is 0 Å². The van der Waals surface area contributed by atoms with Gasteiger partial charge in [-0.05, 0) is 31.0 Å². The van der Waals surface area contributed by atoms with Gasteiger partial charge in [0, 0.05) is 44.8 Å². The van der Waals surface area contributed by atoms with E-state index in [2.05, 4.69) is 9.97 Å². The van der Waals surface area contributed by atoms with E-state index >= 15 is 0 Å². The van der Waals surface area contributed by atoms with Crippen molar-refractivity contribution < 1.29 is 13.2 Å². The molecule has 4 rings (SSSR count). The summed E-state index contributed by atoms with van der Waals surface area (Å²) >= 11 is 0. The lowest BCUT2D eigenvalue weighted by molar-refractivity contribution is 0.0694. The molecule has 8 nitrogen and oxygen atoms in total. The summed E-state index contributed by atoms with van der Waals surface area (Å²) in [5, 5.41) is 0. The van der Waals surface area contributed by atoms with E-state index in [4.69, 9.17) is 0 Å². The molecule has 0 aliphatic carbocycles. The van der Waals surface area contributed by atoms with E-state index < -0.39 is 10.2 Å². The van der Waals surface area contributed by atoms with Crippen LogP contribution in [0.3, 0.4) is 0 Å². The van der Waals surface area contributed by atoms with Gasteiger partial charge in [-0.3, -0.25) is 4.79 Å². The van der Waals surface area contributed by atoms with E-state index in [9.17, 15) is 13.2 Å². The molecule has 1 N–H and O–H groups in total. The Morgan fingerprint density at radius 3 is 2.30 bits per heavy atom. The molecule has 1 aromatic heterocycles. The molecule has 0 unspecified atom stereocenters. The average molecular weight is 391 g/mol. The normalized spacial score (nSPS) is 20.7. The highest BCUT2D eigenvalue weighted by Gasteiger charge is 2.33. The minimum Gasteiger partial charge on any atom is -0.345 e. The molecule has 0 bridgehead atoms. The number of carbonyl (C=O) groups excluding carboxylic acids is 1. The van der Waals surface area contributed by atoms with Crippen LogP contribution in [0, 0.1) is 0 Å². The van der Waals surface area contributed by atoms with Gasteiger partial charge in [-0.1, -0.05) is 12.8 Å². The first-order valence-corrected chi connectivity index (χ1v) is 10.9. The molecule has 1 aromatic carbocycles. The van der Waals surface area contributed by atoms with Crippen molar-refractivity contribution in [2.75, 3.05) is 39.3 Å². The van der Waals surface area contributed by atoms with Crippen molar-refractivity contribution in [3.8, 4) is 0 Å². The number of nitrogens with one attached hydrogen (secondary N) is 1. The van der Waals surface area contributed by atoms with Crippen molar-refractivity contribution in [3.63, 3.8) is 0 Å². The van der Waals surface area contributed by atoms with E-state index in [1.54, 1.807) is 27.7 Å². The number of H-pyrrole nitrogens is 1. The largest absolute Gasteiger partial charge is 0.345 e. The summed E-state index contributed by atoms with van der Waals surface area (Å²) in [5.41, 5.74) is 2.23. The number of carbonyl (C=O) groups is 1. The molecule has 1 amide bonds. The highest BCUT2D eigenvalue weighted by Crippen LogP contribution is 2.19. The Balaban J connectivity index is 1.41. The first-order chi connectivity index (χ1) is 13.1. The van der Waals surface area contributed by atoms with Crippen molar-refractivity contribution >= 4 is 27.1 Å². The quantitative estimate of drug-likeness (QED) is 0.857. The molecule has 2 aliphatic rings. The van der Waals surface area contributed by atoms with Crippen LogP contribution in [0.1, 0.15) is 36.0 Å². The molecule has 3 heterocycles. The second kappa shape index (κ2) is 7.57. The minimum absolute atomic E-state index is 0.0710. The fraction of sp³-hybridized carbons (Fsp3) is 0.556. The van der Waals surface area contributed by atoms with Gasteiger partial charge in [0.25, 0.3) is 16.1 Å². The van der Waals surface area contributed by atoms with Crippen molar-refractivity contribution in [3.05, 3.63) is 30.1 Å². The summed E-state index contributed by atoms with van der Waals surface area (Å²) in [4.78, 5) is 21.7. The van der Waals surface area contributed by atoms with Gasteiger partial charge in [0.15, 0.2) is 0 Å². The Morgan fingerprint density at radius 2 is 1.59 bits per heavy atom. The number of aromatic amines is 1. The molecule has 27 heavy (non-hydrogen) atoms. The van der Waals surface area contributed by atoms with Gasteiger partial charge in [-0.2, -0.15) is 17.0 Å². The third kappa shape index (κ3) is 3.71. The average Bonchev–Trinajstić information content (AvgIpc) is 2.98. The van der Waals surface area contributed by atoms with Crippen LogP contribution in [0.4, 0.5) is 0 Å². The second-order valence-electron chi connectivity index (χ2n) is 7.15. The van der Waals surface area contributed by atoms with Crippen LogP contribution in [-0.4, -0.2) is 77.1 Å². The molecular weight excluding hydrogens is 366 g/mol. The van der Waals surface area contributed by atoms with Gasteiger partial charge in [-0.25, -0.2) is 4.98 Å². The number of rotatable bonds is 3. The number of aromatic nitrogens is 2. The summed E-state index contributed by atoms with van der Waals surface area (Å²) < 4.78 is 28.9. The van der Waals surface area contributed by atoms with Crippen molar-refractivity contribution in [1.29, 1.82) is 0 Å². The Morgan fingerprint density at radius 1 is 0.926 bits per heavy atom. The van der Waals surface area contributed by atoms with Crippen molar-refractivity contribution in [1.82, 2.24) is 23.5 Å². The Hall–Kier alpha value is -1.97. The number of hydrogen-bond donors (Lipinski definition) is 1. The molecule has 0 radical (unpaired) electrons. The number of benzene rings is 1. The summed E-state index contributed by atoms with van der Waals surface area (Å²) in [6, 6.07) is 5.38. The third-order valence-corrected chi connectivity index (χ3v) is 7.45. The highest BCUT2D eigenvalue weighted by molar-refractivity contribution is 7.86. The predicted molar refractivity (Wildman–Crippen MR) is 103 cm³/mol. The van der Waals surface area contributed by atoms with E-state index in [-0.39, 0.29) is 5.91 Å². The molecule has 0 saturated carbocycles. The number of imidazole rings is 1. The van der Waals surface area contributed by atoms with Gasteiger partial charge in [-0.15, -0.1) is 0 Å². The number of nitrogens with zero attached hydrogens (tertiary/aromatic N) is 4. The summed E-state index contributed by atoms with van der Waals surface area (Å²) in [7, 11) is -3.43. The lowest BCUT2D eigenvalue weighted by Gasteiger charge is -2.36. The zero-order valence-corrected chi connectivity index (χ0v) is 16.1. The van der Waals surface area contributed by atoms with E-state index in [0.29, 0.717) is 44.8 Å². The standard InChI is InChI=1S/C18H25N5O3S/c24-18(15-5-6-16-17(13-15)20-14-19-16)21-9-11-23(12-10-21)27(25,26)22-7-3-1-2-4-8-22/h5-6,13-14H,1-4,7-12H2,(H,19,20). The van der Waals surface area contributed by atoms with Gasteiger partial charge in [0.2, 0.25) is 0 Å². The predicted octanol–water partition coefficient (Wildman–Crippen LogP) is 1.44. The minimum atomic E-state index is -3.43. The smallest absolute Gasteiger partial charge is 0.282 e. The fourth-order valence-corrected chi connectivity index (χ4v) is 5.48. The summed E-state index contributed by atoms with van der Waals surface area (Å²) in [6.45, 7) is 2.71. The van der Waals surface area contributed by atoms with Crippen LogP contribution in [0.2, 0.25) is 0 Å². The summed E-state index contributed by atoms with van der Waals surface area (Å²) in [5.74, 6) is -0.0710. The molecular formula is C18H25N5O3S. The number of amides is 1. The van der Waals surface area contributed by atoms with Gasteiger partial charge in [0.05, 0.1) is 17.4 Å². The van der Waals surface area contributed by atoms with Gasteiger partial charge >= 0.3 is 0 Å². The third-order valence-electron chi connectivity index (χ3n) is 5.41.